The fourth-order valence-corrected chi connectivity index (χ4v) is 4.77. The maximum atomic E-state index is 10.9. The number of aliphatic hydroxyl groups excluding tert-OH is 3. The van der Waals surface area contributed by atoms with Crippen molar-refractivity contribution in [1.29, 1.82) is 0 Å². The number of rotatable bonds is 12. The SMILES string of the molecule is Nc1ncnc2c1nc(NCc1ccc(-c3ccccc3)cc1OCCCCC(=O)O)n2[C@@H]1O[C@H](CO)C(O)C1O. The molecule has 1 saturated heterocycles. The number of aliphatic hydroxyl groups is 3. The molecule has 1 aliphatic rings. The van der Waals surface area contributed by atoms with Crippen molar-refractivity contribution in [3.05, 3.63) is 60.4 Å². The molecule has 0 aliphatic carbocycles. The lowest BCUT2D eigenvalue weighted by molar-refractivity contribution is -0.137. The number of carboxylic acid groups (broad SMARTS) is 1. The normalized spacial score (nSPS) is 20.4. The predicted octanol–water partition coefficient (Wildman–Crippen LogP) is 1.93. The van der Waals surface area contributed by atoms with Gasteiger partial charge in [-0.25, -0.2) is 15.0 Å². The summed E-state index contributed by atoms with van der Waals surface area (Å²) >= 11 is 0. The molecule has 13 nitrogen and oxygen atoms in total. The summed E-state index contributed by atoms with van der Waals surface area (Å²) < 4.78 is 13.4. The number of nitrogens with one attached hydrogen (secondary N) is 1. The summed E-state index contributed by atoms with van der Waals surface area (Å²) in [5.41, 5.74) is 9.38. The third kappa shape index (κ3) is 6.07. The number of benzene rings is 2. The van der Waals surface area contributed by atoms with E-state index in [1.807, 2.05) is 48.5 Å². The van der Waals surface area contributed by atoms with Gasteiger partial charge in [-0.2, -0.15) is 0 Å². The number of aromatic nitrogens is 4. The molecule has 0 amide bonds. The Morgan fingerprint density at radius 2 is 1.88 bits per heavy atom. The summed E-state index contributed by atoms with van der Waals surface area (Å²) in [6.07, 6.45) is -2.37. The van der Waals surface area contributed by atoms with Crippen LogP contribution in [0.4, 0.5) is 11.8 Å². The van der Waals surface area contributed by atoms with Crippen LogP contribution in [0.25, 0.3) is 22.3 Å². The number of ether oxygens (including phenoxy) is 2. The first-order chi connectivity index (χ1) is 19.9. The van der Waals surface area contributed by atoms with Crippen LogP contribution < -0.4 is 15.8 Å². The van der Waals surface area contributed by atoms with Gasteiger partial charge in [-0.3, -0.25) is 9.36 Å². The van der Waals surface area contributed by atoms with Crippen molar-refractivity contribution < 1.29 is 34.7 Å². The highest BCUT2D eigenvalue weighted by Crippen LogP contribution is 2.36. The number of fused-ring (bicyclic) bond motifs is 1. The Hall–Kier alpha value is -4.30. The Kier molecular flexibility index (Phi) is 8.59. The highest BCUT2D eigenvalue weighted by atomic mass is 16.6. The minimum absolute atomic E-state index is 0.0744. The molecular weight excluding hydrogens is 532 g/mol. The van der Waals surface area contributed by atoms with Gasteiger partial charge in [0.05, 0.1) is 13.2 Å². The zero-order valence-electron chi connectivity index (χ0n) is 22.1. The molecular formula is C28H32N6O7. The Morgan fingerprint density at radius 3 is 2.61 bits per heavy atom. The van der Waals surface area contributed by atoms with Crippen LogP contribution in [-0.2, 0) is 16.1 Å². The fraction of sp³-hybridized carbons (Fsp3) is 0.357. The van der Waals surface area contributed by atoms with E-state index in [4.69, 9.17) is 20.3 Å². The number of aliphatic carboxylic acids is 1. The highest BCUT2D eigenvalue weighted by Gasteiger charge is 2.45. The molecule has 41 heavy (non-hydrogen) atoms. The van der Waals surface area contributed by atoms with Gasteiger partial charge in [0, 0.05) is 18.5 Å². The van der Waals surface area contributed by atoms with Crippen molar-refractivity contribution in [1.82, 2.24) is 19.5 Å². The van der Waals surface area contributed by atoms with Crippen molar-refractivity contribution in [2.24, 2.45) is 0 Å². The van der Waals surface area contributed by atoms with Crippen LogP contribution in [0.1, 0.15) is 31.1 Å². The zero-order valence-corrected chi connectivity index (χ0v) is 22.1. The maximum Gasteiger partial charge on any atom is 0.303 e. The molecule has 0 saturated carbocycles. The maximum absolute atomic E-state index is 10.9. The van der Waals surface area contributed by atoms with Gasteiger partial charge < -0.3 is 41.0 Å². The third-order valence-electron chi connectivity index (χ3n) is 6.93. The molecule has 2 aromatic carbocycles. The molecule has 0 spiro atoms. The number of anilines is 2. The van der Waals surface area contributed by atoms with Crippen molar-refractivity contribution >= 4 is 28.9 Å². The largest absolute Gasteiger partial charge is 0.493 e. The van der Waals surface area contributed by atoms with Gasteiger partial charge in [0.25, 0.3) is 0 Å². The van der Waals surface area contributed by atoms with Crippen molar-refractivity contribution in [3.63, 3.8) is 0 Å². The van der Waals surface area contributed by atoms with Crippen LogP contribution in [-0.4, -0.2) is 77.4 Å². The van der Waals surface area contributed by atoms with E-state index in [-0.39, 0.29) is 35.9 Å². The number of carbonyl (C=O) groups is 1. The molecule has 7 N–H and O–H groups in total. The van der Waals surface area contributed by atoms with Crippen LogP contribution in [0.2, 0.25) is 0 Å². The molecule has 5 rings (SSSR count). The van der Waals surface area contributed by atoms with Crippen LogP contribution >= 0.6 is 0 Å². The highest BCUT2D eigenvalue weighted by molar-refractivity contribution is 5.84. The molecule has 1 aliphatic heterocycles. The number of nitrogens with zero attached hydrogens (tertiary/aromatic N) is 4. The van der Waals surface area contributed by atoms with E-state index in [2.05, 4.69) is 20.3 Å². The van der Waals surface area contributed by atoms with Gasteiger partial charge >= 0.3 is 5.97 Å². The average Bonchev–Trinajstić information content (AvgIpc) is 3.49. The van der Waals surface area contributed by atoms with Gasteiger partial charge in [-0.1, -0.05) is 42.5 Å². The predicted molar refractivity (Wildman–Crippen MR) is 149 cm³/mol. The zero-order chi connectivity index (χ0) is 28.9. The Bertz CT molecular complexity index is 1500. The first-order valence-corrected chi connectivity index (χ1v) is 13.2. The number of carboxylic acids is 1. The Labute approximate surface area is 235 Å². The monoisotopic (exact) mass is 564 g/mol. The van der Waals surface area contributed by atoms with E-state index >= 15 is 0 Å². The van der Waals surface area contributed by atoms with Gasteiger partial charge in [0.2, 0.25) is 5.95 Å². The Morgan fingerprint density at radius 1 is 1.07 bits per heavy atom. The smallest absolute Gasteiger partial charge is 0.303 e. The van der Waals surface area contributed by atoms with Gasteiger partial charge in [0.1, 0.15) is 30.4 Å². The number of imidazole rings is 1. The van der Waals surface area contributed by atoms with Crippen LogP contribution in [0.5, 0.6) is 5.75 Å². The van der Waals surface area contributed by atoms with Gasteiger partial charge in [-0.05, 0) is 30.0 Å². The molecule has 4 atom stereocenters. The summed E-state index contributed by atoms with van der Waals surface area (Å²) in [6, 6.07) is 15.7. The number of hydrogen-bond acceptors (Lipinski definition) is 11. The molecule has 216 valence electrons. The fourth-order valence-electron chi connectivity index (χ4n) is 4.77. The topological polar surface area (TPSA) is 198 Å². The van der Waals surface area contributed by atoms with Crippen molar-refractivity contribution in [3.8, 4) is 16.9 Å². The van der Waals surface area contributed by atoms with Gasteiger partial charge in [0.15, 0.2) is 23.2 Å². The molecule has 0 radical (unpaired) electrons. The summed E-state index contributed by atoms with van der Waals surface area (Å²) in [5.74, 6) is 0.148. The van der Waals surface area contributed by atoms with Crippen LogP contribution in [0.15, 0.2) is 54.9 Å². The number of unbranched alkanes of at least 4 members (excludes halogenated alkanes) is 1. The minimum Gasteiger partial charge on any atom is -0.493 e. The lowest BCUT2D eigenvalue weighted by Crippen LogP contribution is -2.33. The van der Waals surface area contributed by atoms with Crippen molar-refractivity contribution in [2.75, 3.05) is 24.3 Å². The first kappa shape index (κ1) is 28.2. The Balaban J connectivity index is 1.44. The molecule has 2 unspecified atom stereocenters. The van der Waals surface area contributed by atoms with E-state index in [1.165, 1.54) is 10.9 Å². The molecule has 4 aromatic rings. The van der Waals surface area contributed by atoms with E-state index in [1.54, 1.807) is 0 Å². The average molecular weight is 565 g/mol. The second-order valence-electron chi connectivity index (χ2n) is 9.71. The van der Waals surface area contributed by atoms with Crippen LogP contribution in [0, 0.1) is 0 Å². The van der Waals surface area contributed by atoms with E-state index in [0.717, 1.165) is 16.7 Å². The molecule has 13 heteroatoms. The van der Waals surface area contributed by atoms with Crippen molar-refractivity contribution in [2.45, 2.75) is 50.3 Å². The lowest BCUT2D eigenvalue weighted by atomic mass is 10.0. The molecule has 0 bridgehead atoms. The minimum atomic E-state index is -1.36. The number of hydrogen-bond donors (Lipinski definition) is 6. The quantitative estimate of drug-likeness (QED) is 0.137. The number of nitrogens with two attached hydrogens (primary N) is 1. The van der Waals surface area contributed by atoms with Crippen LogP contribution in [0.3, 0.4) is 0 Å². The lowest BCUT2D eigenvalue weighted by Gasteiger charge is -2.20. The second-order valence-corrected chi connectivity index (χ2v) is 9.71. The number of nitrogen functional groups attached to an aromatic ring is 1. The molecule has 1 fully saturated rings. The molecule has 3 heterocycles. The summed E-state index contributed by atoms with van der Waals surface area (Å²) in [5, 5.41) is 42.9. The summed E-state index contributed by atoms with van der Waals surface area (Å²) in [6.45, 7) is 0.0961. The standard InChI is InChI=1S/C28H32N6O7/c29-25-22-26(32-15-31-25)34(27-24(39)23(38)20(14-35)41-27)28(33-22)30-13-18-10-9-17(16-6-2-1-3-7-16)12-19(18)40-11-5-4-8-21(36)37/h1-3,6-7,9-10,12,15,20,23-24,27,35,38-39H,4-5,8,11,13-14H2,(H,30,33)(H,36,37)(H2,29,31,32)/t20-,23?,24?,27-/m1/s1. The van der Waals surface area contributed by atoms with E-state index < -0.39 is 37.1 Å². The summed E-state index contributed by atoms with van der Waals surface area (Å²) in [4.78, 5) is 23.7. The van der Waals surface area contributed by atoms with E-state index in [9.17, 15) is 20.1 Å². The first-order valence-electron chi connectivity index (χ1n) is 13.2. The third-order valence-corrected chi connectivity index (χ3v) is 6.93. The summed E-state index contributed by atoms with van der Waals surface area (Å²) in [7, 11) is 0. The van der Waals surface area contributed by atoms with E-state index in [0.29, 0.717) is 25.2 Å². The van der Waals surface area contributed by atoms with Gasteiger partial charge in [-0.15, -0.1) is 0 Å². The second kappa shape index (κ2) is 12.5. The molecule has 2 aromatic heterocycles.